The van der Waals surface area contributed by atoms with Gasteiger partial charge >= 0.3 is 0 Å². The van der Waals surface area contributed by atoms with Crippen molar-refractivity contribution in [2.24, 2.45) is 5.73 Å². The van der Waals surface area contributed by atoms with Gasteiger partial charge in [0.15, 0.2) is 8.32 Å². The highest BCUT2D eigenvalue weighted by Gasteiger charge is 2.39. The van der Waals surface area contributed by atoms with E-state index in [4.69, 9.17) is 10.2 Å². The van der Waals surface area contributed by atoms with E-state index in [9.17, 15) is 0 Å². The molecule has 11 heavy (non-hydrogen) atoms. The monoisotopic (exact) mass is 173 g/mol. The third-order valence-electron chi connectivity index (χ3n) is 2.16. The van der Waals surface area contributed by atoms with E-state index in [2.05, 4.69) is 19.6 Å². The fourth-order valence-electron chi connectivity index (χ4n) is 1.57. The molecule has 0 aromatic heterocycles. The molecular weight excluding hydrogens is 154 g/mol. The third-order valence-corrected chi connectivity index (χ3v) is 3.20. The van der Waals surface area contributed by atoms with Gasteiger partial charge in [-0.3, -0.25) is 0 Å². The van der Waals surface area contributed by atoms with Gasteiger partial charge in [0.25, 0.3) is 0 Å². The average Bonchev–Trinajstić information content (AvgIpc) is 1.77. The summed E-state index contributed by atoms with van der Waals surface area (Å²) in [5, 5.41) is 0. The second kappa shape index (κ2) is 2.88. The van der Waals surface area contributed by atoms with Crippen molar-refractivity contribution in [3.63, 3.8) is 0 Å². The van der Waals surface area contributed by atoms with Gasteiger partial charge in [-0.15, -0.1) is 0 Å². The highest BCUT2D eigenvalue weighted by atomic mass is 28.4. The Balaban J connectivity index is 2.45. The van der Waals surface area contributed by atoms with Crippen molar-refractivity contribution in [2.45, 2.75) is 44.5 Å². The zero-order chi connectivity index (χ0) is 8.54. The fraction of sp³-hybridized carbons (Fsp3) is 1.00. The maximum absolute atomic E-state index is 6.02. The summed E-state index contributed by atoms with van der Waals surface area (Å²) in [6.45, 7) is 7.38. The van der Waals surface area contributed by atoms with E-state index in [1.54, 1.807) is 0 Å². The van der Waals surface area contributed by atoms with E-state index < -0.39 is 8.32 Å². The lowest BCUT2D eigenvalue weighted by atomic mass is 9.80. The lowest BCUT2D eigenvalue weighted by Crippen LogP contribution is -2.52. The molecule has 66 valence electrons. The molecule has 0 heterocycles. The first-order chi connectivity index (χ1) is 4.97. The summed E-state index contributed by atoms with van der Waals surface area (Å²) in [7, 11) is -1.36. The maximum Gasteiger partial charge on any atom is 0.184 e. The van der Waals surface area contributed by atoms with Crippen LogP contribution in [-0.2, 0) is 4.43 Å². The van der Waals surface area contributed by atoms with Gasteiger partial charge in [-0.25, -0.2) is 0 Å². The second-order valence-corrected chi connectivity index (χ2v) is 8.88. The summed E-state index contributed by atoms with van der Waals surface area (Å²) in [6, 6.07) is 0. The Labute approximate surface area is 70.2 Å². The van der Waals surface area contributed by atoms with Gasteiger partial charge < -0.3 is 10.2 Å². The van der Waals surface area contributed by atoms with Crippen molar-refractivity contribution in [1.82, 2.24) is 0 Å². The SMILES string of the molecule is C[Si](C)(C)OC1(CN)CCC1. The Kier molecular flexibility index (Phi) is 2.42. The van der Waals surface area contributed by atoms with Crippen molar-refractivity contribution < 1.29 is 4.43 Å². The first-order valence-corrected chi connectivity index (χ1v) is 7.79. The molecule has 1 saturated carbocycles. The molecule has 0 aromatic carbocycles. The van der Waals surface area contributed by atoms with Crippen LogP contribution >= 0.6 is 0 Å². The third kappa shape index (κ3) is 2.29. The van der Waals surface area contributed by atoms with Gasteiger partial charge in [0.1, 0.15) is 0 Å². The summed E-state index contributed by atoms with van der Waals surface area (Å²) in [5.74, 6) is 0. The summed E-state index contributed by atoms with van der Waals surface area (Å²) < 4.78 is 6.02. The van der Waals surface area contributed by atoms with Gasteiger partial charge in [0.2, 0.25) is 0 Å². The molecule has 2 N–H and O–H groups in total. The normalized spacial score (nSPS) is 22.9. The molecule has 0 aromatic rings. The minimum absolute atomic E-state index is 0.0878. The van der Waals surface area contributed by atoms with Crippen LogP contribution in [0.1, 0.15) is 19.3 Å². The van der Waals surface area contributed by atoms with Crippen LogP contribution in [0.2, 0.25) is 19.6 Å². The highest BCUT2D eigenvalue weighted by molar-refractivity contribution is 6.69. The van der Waals surface area contributed by atoms with Gasteiger partial charge in [0.05, 0.1) is 5.60 Å². The van der Waals surface area contributed by atoms with Crippen LogP contribution in [0, 0.1) is 0 Å². The summed E-state index contributed by atoms with van der Waals surface area (Å²) in [5.41, 5.74) is 5.76. The largest absolute Gasteiger partial charge is 0.411 e. The molecule has 0 amide bonds. The predicted octanol–water partition coefficient (Wildman–Crippen LogP) is 1.72. The quantitative estimate of drug-likeness (QED) is 0.660. The summed E-state index contributed by atoms with van der Waals surface area (Å²) in [6.07, 6.45) is 3.64. The van der Waals surface area contributed by atoms with Crippen molar-refractivity contribution in [3.05, 3.63) is 0 Å². The Hall–Kier alpha value is 0.137. The molecule has 0 bridgehead atoms. The first kappa shape index (κ1) is 9.23. The molecule has 1 aliphatic carbocycles. The lowest BCUT2D eigenvalue weighted by molar-refractivity contribution is -0.00579. The van der Waals surface area contributed by atoms with Gasteiger partial charge in [-0.1, -0.05) is 0 Å². The van der Waals surface area contributed by atoms with Crippen molar-refractivity contribution in [2.75, 3.05) is 6.54 Å². The van der Waals surface area contributed by atoms with E-state index in [0.717, 1.165) is 0 Å². The number of nitrogens with two attached hydrogens (primary N) is 1. The molecule has 0 spiro atoms. The van der Waals surface area contributed by atoms with Gasteiger partial charge in [-0.2, -0.15) is 0 Å². The van der Waals surface area contributed by atoms with Gasteiger partial charge in [-0.05, 0) is 38.9 Å². The van der Waals surface area contributed by atoms with Crippen LogP contribution in [0.5, 0.6) is 0 Å². The van der Waals surface area contributed by atoms with E-state index in [1.165, 1.54) is 19.3 Å². The predicted molar refractivity (Wildman–Crippen MR) is 50.1 cm³/mol. The fourth-order valence-corrected chi connectivity index (χ4v) is 3.15. The Bertz CT molecular complexity index is 132. The van der Waals surface area contributed by atoms with Crippen LogP contribution < -0.4 is 5.73 Å². The summed E-state index contributed by atoms with van der Waals surface area (Å²) >= 11 is 0. The first-order valence-electron chi connectivity index (χ1n) is 4.38. The average molecular weight is 173 g/mol. The highest BCUT2D eigenvalue weighted by Crippen LogP contribution is 2.36. The number of hydrogen-bond donors (Lipinski definition) is 1. The molecule has 1 aliphatic rings. The van der Waals surface area contributed by atoms with Crippen molar-refractivity contribution in [1.29, 1.82) is 0 Å². The molecule has 0 aliphatic heterocycles. The molecule has 1 rings (SSSR count). The van der Waals surface area contributed by atoms with Crippen LogP contribution in [-0.4, -0.2) is 20.5 Å². The Morgan fingerprint density at radius 2 is 1.91 bits per heavy atom. The van der Waals surface area contributed by atoms with Crippen molar-refractivity contribution >= 4 is 8.32 Å². The van der Waals surface area contributed by atoms with Crippen LogP contribution in [0.25, 0.3) is 0 Å². The van der Waals surface area contributed by atoms with Crippen LogP contribution in [0.3, 0.4) is 0 Å². The number of hydrogen-bond acceptors (Lipinski definition) is 2. The topological polar surface area (TPSA) is 35.2 Å². The number of rotatable bonds is 3. The van der Waals surface area contributed by atoms with E-state index in [-0.39, 0.29) is 5.60 Å². The summed E-state index contributed by atoms with van der Waals surface area (Å²) in [4.78, 5) is 0. The lowest BCUT2D eigenvalue weighted by Gasteiger charge is -2.45. The zero-order valence-electron chi connectivity index (χ0n) is 7.81. The minimum atomic E-state index is -1.36. The van der Waals surface area contributed by atoms with E-state index in [0.29, 0.717) is 6.54 Å². The van der Waals surface area contributed by atoms with Crippen LogP contribution in [0.4, 0.5) is 0 Å². The maximum atomic E-state index is 6.02. The molecule has 0 radical (unpaired) electrons. The molecular formula is C8H19NOSi. The van der Waals surface area contributed by atoms with E-state index in [1.807, 2.05) is 0 Å². The molecule has 0 unspecified atom stereocenters. The van der Waals surface area contributed by atoms with E-state index >= 15 is 0 Å². The molecule has 2 nitrogen and oxygen atoms in total. The molecule has 0 saturated heterocycles. The second-order valence-electron chi connectivity index (χ2n) is 4.46. The zero-order valence-corrected chi connectivity index (χ0v) is 8.81. The Morgan fingerprint density at radius 3 is 2.00 bits per heavy atom. The Morgan fingerprint density at radius 1 is 1.36 bits per heavy atom. The standard InChI is InChI=1S/C8H19NOSi/c1-11(2,3)10-8(7-9)5-4-6-8/h4-7,9H2,1-3H3. The van der Waals surface area contributed by atoms with Crippen LogP contribution in [0.15, 0.2) is 0 Å². The van der Waals surface area contributed by atoms with Gasteiger partial charge in [0, 0.05) is 6.54 Å². The van der Waals surface area contributed by atoms with Crippen molar-refractivity contribution in [3.8, 4) is 0 Å². The molecule has 3 heteroatoms. The smallest absolute Gasteiger partial charge is 0.184 e. The molecule has 0 atom stereocenters. The minimum Gasteiger partial charge on any atom is -0.411 e. The molecule has 1 fully saturated rings.